The second-order valence-electron chi connectivity index (χ2n) is 5.04. The normalized spacial score (nSPS) is 21.4. The Morgan fingerprint density at radius 3 is 2.41 bits per heavy atom. The van der Waals surface area contributed by atoms with E-state index >= 15 is 0 Å². The van der Waals surface area contributed by atoms with Crippen LogP contribution in [0.1, 0.15) is 17.2 Å². The van der Waals surface area contributed by atoms with Crippen LogP contribution in [0.4, 0.5) is 8.78 Å². The average molecular weight is 322 g/mol. The molecule has 2 aromatic rings. The molecule has 1 aliphatic heterocycles. The van der Waals surface area contributed by atoms with Crippen LogP contribution in [0.3, 0.4) is 0 Å². The summed E-state index contributed by atoms with van der Waals surface area (Å²) in [7, 11) is 0. The fourth-order valence-corrected chi connectivity index (χ4v) is 3.08. The number of carbonyl (C=O) groups excluding carboxylic acids is 2. The van der Waals surface area contributed by atoms with Crippen molar-refractivity contribution in [1.29, 1.82) is 0 Å². The minimum atomic E-state index is -1.09. The maximum atomic E-state index is 13.3. The molecule has 22 heavy (non-hydrogen) atoms. The summed E-state index contributed by atoms with van der Waals surface area (Å²) in [5.74, 6) is -2.44. The summed E-state index contributed by atoms with van der Waals surface area (Å²) in [5.41, 5.74) is 1.03. The highest BCUT2D eigenvalue weighted by Gasteiger charge is 2.34. The molecule has 7 heteroatoms. The largest absolute Gasteiger partial charge is 0.342 e. The van der Waals surface area contributed by atoms with Gasteiger partial charge in [-0.1, -0.05) is 0 Å². The van der Waals surface area contributed by atoms with Gasteiger partial charge in [0.25, 0.3) is 0 Å². The lowest BCUT2D eigenvalue weighted by Crippen LogP contribution is -2.58. The molecule has 0 aliphatic carbocycles. The Bertz CT molecular complexity index is 698. The van der Waals surface area contributed by atoms with E-state index in [4.69, 9.17) is 0 Å². The molecular formula is C15H12F2N2O2S. The number of halogens is 2. The van der Waals surface area contributed by atoms with E-state index in [0.29, 0.717) is 12.5 Å². The number of piperazine rings is 1. The monoisotopic (exact) mass is 322 g/mol. The highest BCUT2D eigenvalue weighted by molar-refractivity contribution is 7.07. The Labute approximate surface area is 129 Å². The van der Waals surface area contributed by atoms with Crippen molar-refractivity contribution in [2.75, 3.05) is 0 Å². The smallest absolute Gasteiger partial charge is 0.247 e. The second-order valence-corrected chi connectivity index (χ2v) is 5.82. The predicted octanol–water partition coefficient (Wildman–Crippen LogP) is 1.92. The fourth-order valence-electron chi connectivity index (χ4n) is 2.39. The molecule has 2 unspecified atom stereocenters. The minimum Gasteiger partial charge on any atom is -0.342 e. The molecule has 2 atom stereocenters. The van der Waals surface area contributed by atoms with Crippen molar-refractivity contribution in [3.8, 4) is 0 Å². The van der Waals surface area contributed by atoms with Gasteiger partial charge < -0.3 is 10.6 Å². The van der Waals surface area contributed by atoms with Crippen molar-refractivity contribution in [2.24, 2.45) is 0 Å². The molecule has 0 spiro atoms. The molecule has 2 amide bonds. The van der Waals surface area contributed by atoms with E-state index in [9.17, 15) is 18.4 Å². The lowest BCUT2D eigenvalue weighted by molar-refractivity contribution is -0.136. The van der Waals surface area contributed by atoms with E-state index in [0.717, 1.165) is 17.7 Å². The Balaban J connectivity index is 1.77. The summed E-state index contributed by atoms with van der Waals surface area (Å²) >= 11 is 1.50. The maximum absolute atomic E-state index is 13.3. The quantitative estimate of drug-likeness (QED) is 0.907. The molecule has 1 aromatic carbocycles. The van der Waals surface area contributed by atoms with Crippen molar-refractivity contribution in [2.45, 2.75) is 18.5 Å². The standard InChI is InChI=1S/C15H12F2N2O2S/c16-10-4-9(5-11(17)6-10)13-15(21)18-12(14(20)19-13)3-8-1-2-22-7-8/h1-2,4-7,12-13H,3H2,(H,18,21)(H,19,20). The van der Waals surface area contributed by atoms with Gasteiger partial charge in [-0.3, -0.25) is 9.59 Å². The van der Waals surface area contributed by atoms with Crippen molar-refractivity contribution in [3.63, 3.8) is 0 Å². The van der Waals surface area contributed by atoms with Crippen LogP contribution in [0.2, 0.25) is 0 Å². The Morgan fingerprint density at radius 1 is 1.05 bits per heavy atom. The highest BCUT2D eigenvalue weighted by atomic mass is 32.1. The first-order valence-electron chi connectivity index (χ1n) is 6.61. The van der Waals surface area contributed by atoms with Gasteiger partial charge in [0, 0.05) is 12.5 Å². The van der Waals surface area contributed by atoms with Gasteiger partial charge in [0.2, 0.25) is 11.8 Å². The zero-order valence-electron chi connectivity index (χ0n) is 11.3. The predicted molar refractivity (Wildman–Crippen MR) is 77.2 cm³/mol. The molecule has 1 aromatic heterocycles. The van der Waals surface area contributed by atoms with E-state index in [-0.39, 0.29) is 11.5 Å². The maximum Gasteiger partial charge on any atom is 0.247 e. The van der Waals surface area contributed by atoms with E-state index in [1.54, 1.807) is 0 Å². The third kappa shape index (κ3) is 2.99. The Hall–Kier alpha value is -2.28. The van der Waals surface area contributed by atoms with Gasteiger partial charge in [-0.2, -0.15) is 11.3 Å². The molecule has 2 N–H and O–H groups in total. The zero-order valence-corrected chi connectivity index (χ0v) is 12.1. The number of rotatable bonds is 3. The molecule has 1 aliphatic rings. The third-order valence-electron chi connectivity index (χ3n) is 3.42. The summed E-state index contributed by atoms with van der Waals surface area (Å²) in [5, 5.41) is 8.90. The summed E-state index contributed by atoms with van der Waals surface area (Å²) in [6, 6.07) is 2.89. The number of hydrogen-bond donors (Lipinski definition) is 2. The highest BCUT2D eigenvalue weighted by Crippen LogP contribution is 2.20. The van der Waals surface area contributed by atoms with Crippen LogP contribution in [-0.2, 0) is 16.0 Å². The first-order chi connectivity index (χ1) is 10.5. The number of nitrogens with one attached hydrogen (secondary N) is 2. The van der Waals surface area contributed by atoms with Gasteiger partial charge in [-0.05, 0) is 40.1 Å². The molecule has 2 heterocycles. The molecular weight excluding hydrogens is 310 g/mol. The first kappa shape index (κ1) is 14.6. The van der Waals surface area contributed by atoms with Gasteiger partial charge in [-0.15, -0.1) is 0 Å². The minimum absolute atomic E-state index is 0.0809. The zero-order chi connectivity index (χ0) is 15.7. The lowest BCUT2D eigenvalue weighted by Gasteiger charge is -2.29. The van der Waals surface area contributed by atoms with Gasteiger partial charge in [0.1, 0.15) is 23.7 Å². The van der Waals surface area contributed by atoms with Gasteiger partial charge in [0.15, 0.2) is 0 Å². The second kappa shape index (κ2) is 5.84. The Morgan fingerprint density at radius 2 is 1.77 bits per heavy atom. The fraction of sp³-hybridized carbons (Fsp3) is 0.200. The van der Waals surface area contributed by atoms with Crippen molar-refractivity contribution < 1.29 is 18.4 Å². The van der Waals surface area contributed by atoms with Crippen molar-refractivity contribution >= 4 is 23.2 Å². The summed E-state index contributed by atoms with van der Waals surface area (Å²) in [4.78, 5) is 24.2. The van der Waals surface area contributed by atoms with Gasteiger partial charge in [0.05, 0.1) is 0 Å². The number of amides is 2. The SMILES string of the molecule is O=C1NC(c2cc(F)cc(F)c2)C(=O)NC1Cc1ccsc1. The van der Waals surface area contributed by atoms with Crippen LogP contribution in [0, 0.1) is 11.6 Å². The summed E-state index contributed by atoms with van der Waals surface area (Å²) in [6.45, 7) is 0. The molecule has 0 saturated carbocycles. The number of hydrogen-bond acceptors (Lipinski definition) is 3. The van der Waals surface area contributed by atoms with Crippen molar-refractivity contribution in [1.82, 2.24) is 10.6 Å². The van der Waals surface area contributed by atoms with E-state index in [1.807, 2.05) is 16.8 Å². The van der Waals surface area contributed by atoms with E-state index in [1.165, 1.54) is 11.3 Å². The number of benzene rings is 1. The van der Waals surface area contributed by atoms with Gasteiger partial charge >= 0.3 is 0 Å². The first-order valence-corrected chi connectivity index (χ1v) is 7.55. The molecule has 0 bridgehead atoms. The lowest BCUT2D eigenvalue weighted by atomic mass is 9.99. The van der Waals surface area contributed by atoms with E-state index in [2.05, 4.69) is 10.6 Å². The summed E-state index contributed by atoms with van der Waals surface area (Å²) in [6.07, 6.45) is 0.380. The van der Waals surface area contributed by atoms with Crippen LogP contribution >= 0.6 is 11.3 Å². The van der Waals surface area contributed by atoms with E-state index < -0.39 is 29.6 Å². The molecule has 0 radical (unpaired) electrons. The third-order valence-corrected chi connectivity index (χ3v) is 4.15. The molecule has 1 fully saturated rings. The molecule has 114 valence electrons. The Kier molecular flexibility index (Phi) is 3.89. The van der Waals surface area contributed by atoms with Crippen molar-refractivity contribution in [3.05, 3.63) is 57.8 Å². The van der Waals surface area contributed by atoms with Crippen LogP contribution < -0.4 is 10.6 Å². The van der Waals surface area contributed by atoms with Crippen LogP contribution in [0.5, 0.6) is 0 Å². The average Bonchev–Trinajstić information content (AvgIpc) is 2.94. The number of carbonyl (C=O) groups is 2. The van der Waals surface area contributed by atoms with Crippen LogP contribution in [-0.4, -0.2) is 17.9 Å². The number of thiophene rings is 1. The molecule has 4 nitrogen and oxygen atoms in total. The van der Waals surface area contributed by atoms with Crippen LogP contribution in [0.15, 0.2) is 35.0 Å². The van der Waals surface area contributed by atoms with Gasteiger partial charge in [-0.25, -0.2) is 8.78 Å². The van der Waals surface area contributed by atoms with Crippen LogP contribution in [0.25, 0.3) is 0 Å². The molecule has 3 rings (SSSR count). The topological polar surface area (TPSA) is 58.2 Å². The summed E-state index contributed by atoms with van der Waals surface area (Å²) < 4.78 is 26.5. The molecule has 1 saturated heterocycles.